The number of urea groups is 1. The van der Waals surface area contributed by atoms with E-state index < -0.39 is 5.97 Å². The molecule has 2 amide bonds. The Hall–Kier alpha value is -2.11. The first-order valence-electron chi connectivity index (χ1n) is 6.48. The van der Waals surface area contributed by atoms with Crippen molar-refractivity contribution >= 4 is 12.0 Å². The summed E-state index contributed by atoms with van der Waals surface area (Å²) in [5, 5.41) is 2.51. The number of rotatable bonds is 3. The van der Waals surface area contributed by atoms with Gasteiger partial charge in [0, 0.05) is 6.54 Å². The lowest BCUT2D eigenvalue weighted by Gasteiger charge is -2.25. The average molecular weight is 280 g/mol. The van der Waals surface area contributed by atoms with Gasteiger partial charge in [0.05, 0.1) is 13.2 Å². The van der Waals surface area contributed by atoms with Crippen molar-refractivity contribution in [1.29, 1.82) is 0 Å². The molecule has 2 rings (SSSR count). The number of hydrogen-bond acceptors (Lipinski definition) is 3. The van der Waals surface area contributed by atoms with E-state index in [2.05, 4.69) is 10.1 Å². The number of carbonyl (C=O) groups is 2. The Balaban J connectivity index is 2.03. The van der Waals surface area contributed by atoms with Crippen LogP contribution in [0.3, 0.4) is 0 Å². The molecule has 0 saturated carbocycles. The summed E-state index contributed by atoms with van der Waals surface area (Å²) in [5.41, 5.74) is 0.774. The minimum absolute atomic E-state index is 0.150. The van der Waals surface area contributed by atoms with Crippen LogP contribution in [-0.4, -0.2) is 37.1 Å². The van der Waals surface area contributed by atoms with Crippen LogP contribution in [0.4, 0.5) is 9.18 Å². The maximum Gasteiger partial charge on any atom is 0.325 e. The summed E-state index contributed by atoms with van der Waals surface area (Å²) in [6.45, 7) is 0.426. The number of amides is 2. The van der Waals surface area contributed by atoms with Crippen LogP contribution in [0.15, 0.2) is 24.3 Å². The van der Waals surface area contributed by atoms with Gasteiger partial charge in [-0.05, 0) is 30.5 Å². The van der Waals surface area contributed by atoms with Gasteiger partial charge in [-0.3, -0.25) is 4.79 Å². The molecule has 1 aliphatic heterocycles. The molecule has 1 aromatic rings. The maximum atomic E-state index is 13.3. The van der Waals surface area contributed by atoms with E-state index in [4.69, 9.17) is 0 Å². The molecule has 0 aliphatic carbocycles. The number of carbonyl (C=O) groups excluding carboxylic acids is 2. The summed E-state index contributed by atoms with van der Waals surface area (Å²) >= 11 is 0. The highest BCUT2D eigenvalue weighted by atomic mass is 19.1. The number of hydrogen-bond donors (Lipinski definition) is 1. The fourth-order valence-corrected chi connectivity index (χ4v) is 2.39. The van der Waals surface area contributed by atoms with Crippen LogP contribution in [0.2, 0.25) is 0 Å². The monoisotopic (exact) mass is 280 g/mol. The zero-order valence-corrected chi connectivity index (χ0v) is 11.3. The molecule has 0 aromatic heterocycles. The number of nitrogens with zero attached hydrogens (tertiary/aromatic N) is 1. The SMILES string of the molecule is COC(=O)CNC(=O)N1CCC[C@H]1c1cccc(F)c1. The minimum Gasteiger partial charge on any atom is -0.468 e. The van der Waals surface area contributed by atoms with Gasteiger partial charge < -0.3 is 15.0 Å². The molecule has 1 atom stereocenters. The molecular formula is C14H17FN2O3. The van der Waals surface area contributed by atoms with Gasteiger partial charge in [0.1, 0.15) is 12.4 Å². The second-order valence-electron chi connectivity index (χ2n) is 4.64. The quantitative estimate of drug-likeness (QED) is 0.860. The van der Waals surface area contributed by atoms with Crippen LogP contribution in [0.25, 0.3) is 0 Å². The Bertz CT molecular complexity index is 507. The summed E-state index contributed by atoms with van der Waals surface area (Å²) in [4.78, 5) is 24.7. The third-order valence-corrected chi connectivity index (χ3v) is 3.36. The topological polar surface area (TPSA) is 58.6 Å². The zero-order chi connectivity index (χ0) is 14.5. The maximum absolute atomic E-state index is 13.3. The largest absolute Gasteiger partial charge is 0.468 e. The van der Waals surface area contributed by atoms with E-state index in [0.29, 0.717) is 6.54 Å². The van der Waals surface area contributed by atoms with Crippen molar-refractivity contribution in [3.05, 3.63) is 35.6 Å². The molecule has 0 spiro atoms. The second-order valence-corrected chi connectivity index (χ2v) is 4.64. The van der Waals surface area contributed by atoms with Crippen LogP contribution in [0.5, 0.6) is 0 Å². The van der Waals surface area contributed by atoms with Gasteiger partial charge >= 0.3 is 12.0 Å². The van der Waals surface area contributed by atoms with Crippen molar-refractivity contribution in [2.45, 2.75) is 18.9 Å². The summed E-state index contributed by atoms with van der Waals surface area (Å²) < 4.78 is 17.7. The van der Waals surface area contributed by atoms with Gasteiger partial charge in [-0.15, -0.1) is 0 Å². The van der Waals surface area contributed by atoms with Gasteiger partial charge in [0.15, 0.2) is 0 Å². The Kier molecular flexibility index (Phi) is 4.55. The van der Waals surface area contributed by atoms with E-state index in [1.54, 1.807) is 17.0 Å². The third-order valence-electron chi connectivity index (χ3n) is 3.36. The fourth-order valence-electron chi connectivity index (χ4n) is 2.39. The average Bonchev–Trinajstić information content (AvgIpc) is 2.93. The molecule has 0 radical (unpaired) electrons. The van der Waals surface area contributed by atoms with E-state index in [0.717, 1.165) is 18.4 Å². The van der Waals surface area contributed by atoms with Crippen molar-refractivity contribution in [2.75, 3.05) is 20.2 Å². The molecule has 6 heteroatoms. The van der Waals surface area contributed by atoms with Crippen molar-refractivity contribution in [3.63, 3.8) is 0 Å². The number of nitrogens with one attached hydrogen (secondary N) is 1. The molecule has 1 aliphatic rings. The smallest absolute Gasteiger partial charge is 0.325 e. The third kappa shape index (κ3) is 3.26. The number of likely N-dealkylation sites (tertiary alicyclic amines) is 1. The molecule has 1 N–H and O–H groups in total. The van der Waals surface area contributed by atoms with Crippen molar-refractivity contribution in [2.24, 2.45) is 0 Å². The second kappa shape index (κ2) is 6.36. The van der Waals surface area contributed by atoms with Crippen LogP contribution in [0.1, 0.15) is 24.4 Å². The highest BCUT2D eigenvalue weighted by Gasteiger charge is 2.30. The van der Waals surface area contributed by atoms with E-state index in [-0.39, 0.29) is 24.4 Å². The predicted molar refractivity (Wildman–Crippen MR) is 70.5 cm³/mol. The van der Waals surface area contributed by atoms with Crippen molar-refractivity contribution < 1.29 is 18.7 Å². The van der Waals surface area contributed by atoms with Crippen molar-refractivity contribution in [3.8, 4) is 0 Å². The van der Waals surface area contributed by atoms with E-state index in [9.17, 15) is 14.0 Å². The van der Waals surface area contributed by atoms with Gasteiger partial charge in [0.2, 0.25) is 0 Å². The lowest BCUT2D eigenvalue weighted by atomic mass is 10.0. The first-order chi connectivity index (χ1) is 9.61. The predicted octanol–water partition coefficient (Wildman–Crippen LogP) is 1.85. The van der Waals surface area contributed by atoms with Crippen LogP contribution in [-0.2, 0) is 9.53 Å². The molecule has 5 nitrogen and oxygen atoms in total. The van der Waals surface area contributed by atoms with E-state index in [1.807, 2.05) is 0 Å². The highest BCUT2D eigenvalue weighted by Crippen LogP contribution is 2.31. The molecule has 108 valence electrons. The Morgan fingerprint density at radius 2 is 2.30 bits per heavy atom. The zero-order valence-electron chi connectivity index (χ0n) is 11.3. The molecule has 20 heavy (non-hydrogen) atoms. The summed E-state index contributed by atoms with van der Waals surface area (Å²) in [6, 6.07) is 5.77. The lowest BCUT2D eigenvalue weighted by Crippen LogP contribution is -2.41. The molecule has 0 unspecified atom stereocenters. The number of halogens is 1. The number of esters is 1. The fraction of sp³-hybridized carbons (Fsp3) is 0.429. The van der Waals surface area contributed by atoms with Crippen molar-refractivity contribution in [1.82, 2.24) is 10.2 Å². The molecule has 1 fully saturated rings. The highest BCUT2D eigenvalue weighted by molar-refractivity contribution is 5.81. The van der Waals surface area contributed by atoms with Gasteiger partial charge in [0.25, 0.3) is 0 Å². The van der Waals surface area contributed by atoms with E-state index >= 15 is 0 Å². The number of ether oxygens (including phenoxy) is 1. The van der Waals surface area contributed by atoms with Crippen LogP contribution >= 0.6 is 0 Å². The van der Waals surface area contributed by atoms with Gasteiger partial charge in [-0.1, -0.05) is 12.1 Å². The Morgan fingerprint density at radius 3 is 3.00 bits per heavy atom. The standard InChI is InChI=1S/C14H17FN2O3/c1-20-13(18)9-16-14(19)17-7-3-6-12(17)10-4-2-5-11(15)8-10/h2,4-5,8,12H,3,6-7,9H2,1H3,(H,16,19)/t12-/m0/s1. The molecular weight excluding hydrogens is 263 g/mol. The lowest BCUT2D eigenvalue weighted by molar-refractivity contribution is -0.139. The molecule has 0 bridgehead atoms. The summed E-state index contributed by atoms with van der Waals surface area (Å²) in [5.74, 6) is -0.816. The number of methoxy groups -OCH3 is 1. The minimum atomic E-state index is -0.500. The van der Waals surface area contributed by atoms with Gasteiger partial charge in [-0.2, -0.15) is 0 Å². The molecule has 1 heterocycles. The van der Waals surface area contributed by atoms with Crippen LogP contribution in [0, 0.1) is 5.82 Å². The summed E-state index contributed by atoms with van der Waals surface area (Å²) in [6.07, 6.45) is 1.64. The normalized spacial score (nSPS) is 17.9. The summed E-state index contributed by atoms with van der Waals surface area (Å²) in [7, 11) is 1.26. The Morgan fingerprint density at radius 1 is 1.50 bits per heavy atom. The first kappa shape index (κ1) is 14.3. The van der Waals surface area contributed by atoms with E-state index in [1.165, 1.54) is 19.2 Å². The number of benzene rings is 1. The van der Waals surface area contributed by atoms with Gasteiger partial charge in [-0.25, -0.2) is 9.18 Å². The van der Waals surface area contributed by atoms with Crippen LogP contribution < -0.4 is 5.32 Å². The molecule has 1 saturated heterocycles. The Labute approximate surface area is 116 Å². The molecule has 1 aromatic carbocycles. The first-order valence-corrected chi connectivity index (χ1v) is 6.48.